The Labute approximate surface area is 148 Å². The molecule has 6 heteroatoms. The topological polar surface area (TPSA) is 18.5 Å². The van der Waals surface area contributed by atoms with Crippen LogP contribution in [0.3, 0.4) is 0 Å². The van der Waals surface area contributed by atoms with Crippen LogP contribution in [0, 0.1) is 5.41 Å². The summed E-state index contributed by atoms with van der Waals surface area (Å²) >= 11 is 8.64. The summed E-state index contributed by atoms with van der Waals surface area (Å²) in [4.78, 5) is 0. The highest BCUT2D eigenvalue weighted by Gasteiger charge is 2.40. The van der Waals surface area contributed by atoms with Crippen LogP contribution >= 0.6 is 47.0 Å². The quantitative estimate of drug-likeness (QED) is 0.671. The van der Waals surface area contributed by atoms with E-state index in [0.717, 1.165) is 22.4 Å². The molecule has 0 atom stereocenters. The number of ether oxygens (including phenoxy) is 2. The highest BCUT2D eigenvalue weighted by molar-refractivity contribution is 8.19. The number of hydrogen-bond acceptors (Lipinski definition) is 6. The number of hydrogen-bond donors (Lipinski definition) is 0. The van der Waals surface area contributed by atoms with Gasteiger partial charge in [-0.25, -0.2) is 0 Å². The molecular formula is C15H30O2S4. The van der Waals surface area contributed by atoms with Gasteiger partial charge >= 0.3 is 0 Å². The standard InChI is InChI=1S/C13H24O2S4.C2H6/c1-14-5-3-11-16-7-13(8-17-11)9-18-12(19-10-13)4-6-15-2;1-2/h11-12H,3-10H2,1-2H3;1-2H3. The van der Waals surface area contributed by atoms with Crippen LogP contribution in [-0.2, 0) is 9.47 Å². The van der Waals surface area contributed by atoms with Crippen molar-refractivity contribution in [1.29, 1.82) is 0 Å². The molecule has 0 N–H and O–H groups in total. The molecule has 2 fully saturated rings. The number of methoxy groups -OCH3 is 2. The summed E-state index contributed by atoms with van der Waals surface area (Å²) in [6, 6.07) is 0. The Balaban J connectivity index is 0.00000106. The first-order valence-electron chi connectivity index (χ1n) is 7.72. The van der Waals surface area contributed by atoms with Gasteiger partial charge in [0.05, 0.1) is 9.16 Å². The molecule has 0 bridgehead atoms. The van der Waals surface area contributed by atoms with Crippen LogP contribution in [0.15, 0.2) is 0 Å². The van der Waals surface area contributed by atoms with E-state index < -0.39 is 0 Å². The highest BCUT2D eigenvalue weighted by atomic mass is 32.2. The molecule has 2 nitrogen and oxygen atoms in total. The van der Waals surface area contributed by atoms with Crippen molar-refractivity contribution in [3.8, 4) is 0 Å². The Kier molecular flexibility index (Phi) is 11.4. The van der Waals surface area contributed by atoms with Crippen LogP contribution < -0.4 is 0 Å². The third-order valence-electron chi connectivity index (χ3n) is 3.42. The summed E-state index contributed by atoms with van der Waals surface area (Å²) in [6.45, 7) is 5.81. The first-order chi connectivity index (χ1) is 10.3. The van der Waals surface area contributed by atoms with Crippen LogP contribution in [0.4, 0.5) is 0 Å². The van der Waals surface area contributed by atoms with Gasteiger partial charge in [-0.1, -0.05) is 13.8 Å². The van der Waals surface area contributed by atoms with E-state index in [1.807, 2.05) is 13.8 Å². The van der Waals surface area contributed by atoms with Gasteiger partial charge in [-0.2, -0.15) is 0 Å². The molecule has 0 unspecified atom stereocenters. The fraction of sp³-hybridized carbons (Fsp3) is 1.00. The Morgan fingerprint density at radius 3 is 1.38 bits per heavy atom. The predicted molar refractivity (Wildman–Crippen MR) is 104 cm³/mol. The molecule has 2 aliphatic rings. The van der Waals surface area contributed by atoms with Gasteiger partial charge in [0.25, 0.3) is 0 Å². The molecule has 2 rings (SSSR count). The SMILES string of the molecule is CC.COCCC1SCC2(CS1)CSC(CCOC)SC2. The monoisotopic (exact) mass is 370 g/mol. The van der Waals surface area contributed by atoms with E-state index in [2.05, 4.69) is 47.0 Å². The van der Waals surface area contributed by atoms with Crippen molar-refractivity contribution in [3.63, 3.8) is 0 Å². The van der Waals surface area contributed by atoms with Crippen molar-refractivity contribution in [1.82, 2.24) is 0 Å². The van der Waals surface area contributed by atoms with Crippen molar-refractivity contribution >= 4 is 47.0 Å². The fourth-order valence-corrected chi connectivity index (χ4v) is 8.98. The van der Waals surface area contributed by atoms with Crippen molar-refractivity contribution < 1.29 is 9.47 Å². The lowest BCUT2D eigenvalue weighted by atomic mass is 9.99. The highest BCUT2D eigenvalue weighted by Crippen LogP contribution is 2.50. The lowest BCUT2D eigenvalue weighted by Crippen LogP contribution is -2.40. The summed E-state index contributed by atoms with van der Waals surface area (Å²) in [5.74, 6) is 5.35. The van der Waals surface area contributed by atoms with Gasteiger partial charge in [0.2, 0.25) is 0 Å². The Bertz CT molecular complexity index is 221. The average molecular weight is 371 g/mol. The molecule has 126 valence electrons. The third kappa shape index (κ3) is 7.17. The van der Waals surface area contributed by atoms with E-state index in [-0.39, 0.29) is 0 Å². The van der Waals surface area contributed by atoms with Crippen molar-refractivity contribution in [2.75, 3.05) is 50.4 Å². The molecule has 0 amide bonds. The molecule has 0 aliphatic carbocycles. The first-order valence-corrected chi connectivity index (χ1v) is 11.9. The second-order valence-corrected chi connectivity index (χ2v) is 10.5. The molecule has 0 aromatic rings. The first kappa shape index (κ1) is 20.4. The Morgan fingerprint density at radius 2 is 1.10 bits per heavy atom. The van der Waals surface area contributed by atoms with Gasteiger partial charge in [0.15, 0.2) is 0 Å². The van der Waals surface area contributed by atoms with Crippen molar-refractivity contribution in [3.05, 3.63) is 0 Å². The molecule has 2 aliphatic heterocycles. The van der Waals surface area contributed by atoms with E-state index in [1.54, 1.807) is 14.2 Å². The van der Waals surface area contributed by atoms with Crippen molar-refractivity contribution in [2.45, 2.75) is 35.9 Å². The maximum atomic E-state index is 5.19. The van der Waals surface area contributed by atoms with Gasteiger partial charge in [-0.15, -0.1) is 47.0 Å². The van der Waals surface area contributed by atoms with Gasteiger partial charge in [-0.3, -0.25) is 0 Å². The molecule has 0 aromatic carbocycles. The van der Waals surface area contributed by atoms with E-state index in [9.17, 15) is 0 Å². The molecule has 2 heterocycles. The zero-order chi connectivity index (χ0) is 15.6. The minimum atomic E-state index is 0.581. The summed E-state index contributed by atoms with van der Waals surface area (Å²) in [7, 11) is 3.60. The molecule has 0 aromatic heterocycles. The summed E-state index contributed by atoms with van der Waals surface area (Å²) in [5, 5.41) is 0. The Morgan fingerprint density at radius 1 is 0.762 bits per heavy atom. The van der Waals surface area contributed by atoms with Crippen LogP contribution in [0.2, 0.25) is 0 Å². The Hall–Kier alpha value is 1.32. The molecule has 1 spiro atoms. The minimum Gasteiger partial charge on any atom is -0.385 e. The van der Waals surface area contributed by atoms with E-state index >= 15 is 0 Å². The van der Waals surface area contributed by atoms with E-state index in [0.29, 0.717) is 5.41 Å². The number of thioether (sulfide) groups is 4. The summed E-state index contributed by atoms with van der Waals surface area (Å²) in [5.41, 5.74) is 0.581. The zero-order valence-electron chi connectivity index (χ0n) is 13.8. The van der Waals surface area contributed by atoms with Gasteiger partial charge < -0.3 is 9.47 Å². The molecule has 0 radical (unpaired) electrons. The molecule has 21 heavy (non-hydrogen) atoms. The van der Waals surface area contributed by atoms with E-state index in [4.69, 9.17) is 9.47 Å². The van der Waals surface area contributed by atoms with Gasteiger partial charge in [-0.05, 0) is 12.8 Å². The largest absolute Gasteiger partial charge is 0.385 e. The van der Waals surface area contributed by atoms with Crippen LogP contribution in [-0.4, -0.2) is 59.6 Å². The maximum absolute atomic E-state index is 5.19. The zero-order valence-corrected chi connectivity index (χ0v) is 17.0. The van der Waals surface area contributed by atoms with Crippen LogP contribution in [0.25, 0.3) is 0 Å². The van der Waals surface area contributed by atoms with Crippen LogP contribution in [0.5, 0.6) is 0 Å². The summed E-state index contributed by atoms with van der Waals surface area (Å²) < 4.78 is 11.9. The summed E-state index contributed by atoms with van der Waals surface area (Å²) in [6.07, 6.45) is 2.39. The molecular weight excluding hydrogens is 340 g/mol. The second-order valence-electron chi connectivity index (χ2n) is 5.17. The molecule has 0 saturated carbocycles. The van der Waals surface area contributed by atoms with Crippen LogP contribution in [0.1, 0.15) is 26.7 Å². The van der Waals surface area contributed by atoms with Crippen molar-refractivity contribution in [2.24, 2.45) is 5.41 Å². The average Bonchev–Trinajstić information content (AvgIpc) is 2.56. The van der Waals surface area contributed by atoms with Gasteiger partial charge in [0, 0.05) is 55.9 Å². The number of rotatable bonds is 6. The smallest absolute Gasteiger partial charge is 0.0524 e. The predicted octanol–water partition coefficient (Wildman–Crippen LogP) is 4.68. The second kappa shape index (κ2) is 11.8. The molecule has 2 saturated heterocycles. The lowest BCUT2D eigenvalue weighted by Gasteiger charge is -2.43. The maximum Gasteiger partial charge on any atom is 0.0524 e. The van der Waals surface area contributed by atoms with E-state index in [1.165, 1.54) is 35.9 Å². The minimum absolute atomic E-state index is 0.581. The fourth-order valence-electron chi connectivity index (χ4n) is 2.19. The van der Waals surface area contributed by atoms with Gasteiger partial charge in [0.1, 0.15) is 0 Å². The lowest BCUT2D eigenvalue weighted by molar-refractivity contribution is 0.198. The normalized spacial score (nSPS) is 32.6. The third-order valence-corrected chi connectivity index (χ3v) is 10.6.